The molecule has 3 rings (SSSR count). The number of hydrogen-bond donors (Lipinski definition) is 1. The number of rotatable bonds is 3. The van der Waals surface area contributed by atoms with Crippen molar-refractivity contribution in [3.8, 4) is 0 Å². The number of aromatic nitrogens is 2. The summed E-state index contributed by atoms with van der Waals surface area (Å²) in [7, 11) is 0. The number of amides is 1. The van der Waals surface area contributed by atoms with E-state index in [2.05, 4.69) is 15.3 Å². The second-order valence-corrected chi connectivity index (χ2v) is 4.92. The highest BCUT2D eigenvalue weighted by Crippen LogP contribution is 2.17. The van der Waals surface area contributed by atoms with Crippen molar-refractivity contribution in [2.75, 3.05) is 31.6 Å². The van der Waals surface area contributed by atoms with Crippen molar-refractivity contribution in [2.45, 2.75) is 0 Å². The number of morpholine rings is 1. The van der Waals surface area contributed by atoms with E-state index in [1.807, 2.05) is 0 Å². The van der Waals surface area contributed by atoms with Crippen LogP contribution >= 0.6 is 0 Å². The Labute approximate surface area is 131 Å². The van der Waals surface area contributed by atoms with Crippen molar-refractivity contribution in [3.05, 3.63) is 47.8 Å². The molecule has 8 heteroatoms. The molecule has 1 aromatic carbocycles. The molecule has 120 valence electrons. The molecule has 2 heterocycles. The van der Waals surface area contributed by atoms with Gasteiger partial charge >= 0.3 is 0 Å². The Morgan fingerprint density at radius 2 is 1.96 bits per heavy atom. The Bertz CT molecular complexity index is 720. The summed E-state index contributed by atoms with van der Waals surface area (Å²) in [5.41, 5.74) is 0.520. The number of nitrogens with one attached hydrogen (secondary N) is 1. The minimum absolute atomic E-state index is 0.134. The van der Waals surface area contributed by atoms with Gasteiger partial charge in [-0.1, -0.05) is 0 Å². The zero-order valence-corrected chi connectivity index (χ0v) is 12.1. The molecular weight excluding hydrogens is 306 g/mol. The minimum atomic E-state index is -0.976. The first-order valence-corrected chi connectivity index (χ1v) is 7.05. The van der Waals surface area contributed by atoms with Crippen molar-refractivity contribution in [3.63, 3.8) is 0 Å². The van der Waals surface area contributed by atoms with Crippen molar-refractivity contribution in [1.29, 1.82) is 0 Å². The van der Waals surface area contributed by atoms with E-state index in [0.29, 0.717) is 32.0 Å². The van der Waals surface area contributed by atoms with Crippen LogP contribution in [0.25, 0.3) is 0 Å². The Balaban J connectivity index is 1.76. The van der Waals surface area contributed by atoms with Gasteiger partial charge in [-0.15, -0.1) is 0 Å². The van der Waals surface area contributed by atoms with Crippen LogP contribution in [0.15, 0.2) is 30.5 Å². The SMILES string of the molecule is O=C(c1ccnc(Nc2ccc(F)c(F)c2)n1)N1CCOCC1. The Morgan fingerprint density at radius 3 is 2.70 bits per heavy atom. The Morgan fingerprint density at radius 1 is 1.17 bits per heavy atom. The lowest BCUT2D eigenvalue weighted by atomic mass is 10.3. The summed E-state index contributed by atoms with van der Waals surface area (Å²) in [5.74, 6) is -2.00. The van der Waals surface area contributed by atoms with Crippen LogP contribution in [0.5, 0.6) is 0 Å². The molecule has 0 unspecified atom stereocenters. The molecular formula is C15H14F2N4O2. The zero-order chi connectivity index (χ0) is 16.2. The number of halogens is 2. The molecule has 0 radical (unpaired) electrons. The maximum absolute atomic E-state index is 13.2. The smallest absolute Gasteiger partial charge is 0.272 e. The molecule has 1 aliphatic rings. The first-order chi connectivity index (χ1) is 11.1. The van der Waals surface area contributed by atoms with E-state index in [-0.39, 0.29) is 17.5 Å². The predicted octanol–water partition coefficient (Wildman–Crippen LogP) is 1.97. The van der Waals surface area contributed by atoms with Gasteiger partial charge in [-0.25, -0.2) is 18.7 Å². The van der Waals surface area contributed by atoms with Crippen LogP contribution < -0.4 is 5.32 Å². The standard InChI is InChI=1S/C15H14F2N4O2/c16-11-2-1-10(9-12(11)17)19-15-18-4-3-13(20-15)14(22)21-5-7-23-8-6-21/h1-4,9H,5-8H2,(H,18,19,20). The molecule has 0 aliphatic carbocycles. The van der Waals surface area contributed by atoms with Crippen LogP contribution in [0.3, 0.4) is 0 Å². The van der Waals surface area contributed by atoms with E-state index in [1.165, 1.54) is 18.3 Å². The summed E-state index contributed by atoms with van der Waals surface area (Å²) in [6.07, 6.45) is 1.43. The first-order valence-electron chi connectivity index (χ1n) is 7.05. The van der Waals surface area contributed by atoms with Crippen LogP contribution in [-0.2, 0) is 4.74 Å². The molecule has 6 nitrogen and oxygen atoms in total. The van der Waals surface area contributed by atoms with Gasteiger partial charge < -0.3 is 15.0 Å². The van der Waals surface area contributed by atoms with Crippen molar-refractivity contribution in [1.82, 2.24) is 14.9 Å². The van der Waals surface area contributed by atoms with Gasteiger partial charge in [0.2, 0.25) is 5.95 Å². The number of benzene rings is 1. The average molecular weight is 320 g/mol. The lowest BCUT2D eigenvalue weighted by molar-refractivity contribution is 0.0299. The number of carbonyl (C=O) groups is 1. The summed E-state index contributed by atoms with van der Waals surface area (Å²) in [5, 5.41) is 2.75. The third-order valence-electron chi connectivity index (χ3n) is 3.35. The summed E-state index contributed by atoms with van der Waals surface area (Å²) >= 11 is 0. The quantitative estimate of drug-likeness (QED) is 0.936. The van der Waals surface area contributed by atoms with Crippen LogP contribution in [0, 0.1) is 11.6 Å². The fraction of sp³-hybridized carbons (Fsp3) is 0.267. The third-order valence-corrected chi connectivity index (χ3v) is 3.35. The molecule has 1 N–H and O–H groups in total. The molecule has 0 spiro atoms. The van der Waals surface area contributed by atoms with Gasteiger partial charge in [0.15, 0.2) is 11.6 Å². The predicted molar refractivity (Wildman–Crippen MR) is 78.4 cm³/mol. The number of hydrogen-bond acceptors (Lipinski definition) is 5. The third kappa shape index (κ3) is 3.59. The van der Waals surface area contributed by atoms with Crippen LogP contribution in [0.2, 0.25) is 0 Å². The largest absolute Gasteiger partial charge is 0.378 e. The van der Waals surface area contributed by atoms with Crippen LogP contribution in [-0.4, -0.2) is 47.1 Å². The summed E-state index contributed by atoms with van der Waals surface area (Å²) < 4.78 is 31.3. The summed E-state index contributed by atoms with van der Waals surface area (Å²) in [6.45, 7) is 2.01. The van der Waals surface area contributed by atoms with Gasteiger partial charge in [0.05, 0.1) is 13.2 Å². The maximum atomic E-state index is 13.2. The van der Waals surface area contributed by atoms with E-state index < -0.39 is 11.6 Å². The van der Waals surface area contributed by atoms with Crippen molar-refractivity contribution < 1.29 is 18.3 Å². The number of anilines is 2. The van der Waals surface area contributed by atoms with Gasteiger partial charge in [0.1, 0.15) is 5.69 Å². The summed E-state index contributed by atoms with van der Waals surface area (Å²) in [4.78, 5) is 22.1. The molecule has 2 aromatic rings. The van der Waals surface area contributed by atoms with E-state index in [1.54, 1.807) is 4.90 Å². The van der Waals surface area contributed by atoms with Crippen LogP contribution in [0.1, 0.15) is 10.5 Å². The van der Waals surface area contributed by atoms with Gasteiger partial charge in [-0.05, 0) is 18.2 Å². The molecule has 0 bridgehead atoms. The second-order valence-electron chi connectivity index (χ2n) is 4.92. The van der Waals surface area contributed by atoms with E-state index in [0.717, 1.165) is 12.1 Å². The van der Waals surface area contributed by atoms with E-state index in [4.69, 9.17) is 4.74 Å². The molecule has 1 amide bonds. The maximum Gasteiger partial charge on any atom is 0.272 e. The van der Waals surface area contributed by atoms with Gasteiger partial charge in [-0.3, -0.25) is 4.79 Å². The first kappa shape index (κ1) is 15.3. The topological polar surface area (TPSA) is 67.4 Å². The molecule has 1 aliphatic heterocycles. The lowest BCUT2D eigenvalue weighted by Crippen LogP contribution is -2.41. The molecule has 23 heavy (non-hydrogen) atoms. The highest BCUT2D eigenvalue weighted by Gasteiger charge is 2.20. The van der Waals surface area contributed by atoms with E-state index in [9.17, 15) is 13.6 Å². The minimum Gasteiger partial charge on any atom is -0.378 e. The van der Waals surface area contributed by atoms with Crippen molar-refractivity contribution >= 4 is 17.5 Å². The highest BCUT2D eigenvalue weighted by atomic mass is 19.2. The van der Waals surface area contributed by atoms with E-state index >= 15 is 0 Å². The molecule has 1 aromatic heterocycles. The Hall–Kier alpha value is -2.61. The van der Waals surface area contributed by atoms with Gasteiger partial charge in [0, 0.05) is 31.0 Å². The fourth-order valence-electron chi connectivity index (χ4n) is 2.17. The number of nitrogens with zero attached hydrogens (tertiary/aromatic N) is 3. The molecule has 0 atom stereocenters. The summed E-state index contributed by atoms with van der Waals surface area (Å²) in [6, 6.07) is 4.86. The Kier molecular flexibility index (Phi) is 4.42. The van der Waals surface area contributed by atoms with Crippen LogP contribution in [0.4, 0.5) is 20.4 Å². The normalized spacial score (nSPS) is 14.6. The molecule has 1 fully saturated rings. The second kappa shape index (κ2) is 6.66. The zero-order valence-electron chi connectivity index (χ0n) is 12.1. The average Bonchev–Trinajstić information content (AvgIpc) is 2.58. The van der Waals surface area contributed by atoms with Gasteiger partial charge in [-0.2, -0.15) is 0 Å². The fourth-order valence-corrected chi connectivity index (χ4v) is 2.17. The van der Waals surface area contributed by atoms with Gasteiger partial charge in [0.25, 0.3) is 5.91 Å². The lowest BCUT2D eigenvalue weighted by Gasteiger charge is -2.26. The highest BCUT2D eigenvalue weighted by molar-refractivity contribution is 5.92. The number of carbonyl (C=O) groups excluding carboxylic acids is 1. The van der Waals surface area contributed by atoms with Crippen molar-refractivity contribution in [2.24, 2.45) is 0 Å². The molecule has 0 saturated carbocycles. The number of ether oxygens (including phenoxy) is 1. The molecule has 1 saturated heterocycles. The monoisotopic (exact) mass is 320 g/mol.